The van der Waals surface area contributed by atoms with E-state index >= 15 is 0 Å². The lowest BCUT2D eigenvalue weighted by Crippen LogP contribution is -2.07. The predicted molar refractivity (Wildman–Crippen MR) is 49.9 cm³/mol. The lowest BCUT2D eigenvalue weighted by atomic mass is 10.5. The molecule has 11 heavy (non-hydrogen) atoms. The molecule has 0 aliphatic rings. The Labute approximate surface area is 70.9 Å². The summed E-state index contributed by atoms with van der Waals surface area (Å²) in [6, 6.07) is 0. The maximum atomic E-state index is 5.43. The molecule has 5 heteroatoms. The van der Waals surface area contributed by atoms with Gasteiger partial charge in [-0.1, -0.05) is 11.8 Å². The van der Waals surface area contributed by atoms with Crippen LogP contribution in [0.3, 0.4) is 0 Å². The Balaban J connectivity index is 3.72. The molecule has 0 bridgehead atoms. The number of hydrogen-bond acceptors (Lipinski definition) is 4. The second kappa shape index (κ2) is 6.18. The minimum absolute atomic E-state index is 0.424. The van der Waals surface area contributed by atoms with E-state index in [4.69, 9.17) is 10.5 Å². The molecule has 0 aromatic heterocycles. The van der Waals surface area contributed by atoms with Gasteiger partial charge in [0.25, 0.3) is 0 Å². The van der Waals surface area contributed by atoms with E-state index in [1.165, 1.54) is 11.8 Å². The molecule has 64 valence electrons. The van der Waals surface area contributed by atoms with E-state index in [-0.39, 0.29) is 0 Å². The van der Waals surface area contributed by atoms with Crippen LogP contribution >= 0.6 is 11.8 Å². The molecule has 0 unspecified atom stereocenters. The number of hydrogen-bond donors (Lipinski definition) is 1. The molecule has 0 fully saturated rings. The lowest BCUT2D eigenvalue weighted by Gasteiger charge is -1.95. The van der Waals surface area contributed by atoms with Crippen molar-refractivity contribution in [3.63, 3.8) is 0 Å². The number of nitrogens with zero attached hydrogens (tertiary/aromatic N) is 2. The molecule has 0 rings (SSSR count). The summed E-state index contributed by atoms with van der Waals surface area (Å²) in [5.41, 5.74) is 6.31. The second-order valence-corrected chi connectivity index (χ2v) is 2.98. The second-order valence-electron chi connectivity index (χ2n) is 2.04. The van der Waals surface area contributed by atoms with Gasteiger partial charge in [0, 0.05) is 12.8 Å². The van der Waals surface area contributed by atoms with E-state index in [0.29, 0.717) is 11.1 Å². The van der Waals surface area contributed by atoms with Crippen LogP contribution in [0.15, 0.2) is 10.2 Å². The molecule has 2 N–H and O–H groups in total. The van der Waals surface area contributed by atoms with Gasteiger partial charge in [0.05, 0.1) is 5.94 Å². The van der Waals surface area contributed by atoms with Crippen molar-refractivity contribution in [3.8, 4) is 0 Å². The van der Waals surface area contributed by atoms with Crippen LogP contribution in [0.1, 0.15) is 13.8 Å². The third-order valence-corrected chi connectivity index (χ3v) is 1.40. The van der Waals surface area contributed by atoms with Crippen molar-refractivity contribution in [1.29, 1.82) is 0 Å². The van der Waals surface area contributed by atoms with Crippen LogP contribution < -0.4 is 5.73 Å². The molecule has 0 aromatic rings. The first kappa shape index (κ1) is 10.4. The minimum Gasteiger partial charge on any atom is -0.377 e. The van der Waals surface area contributed by atoms with Gasteiger partial charge in [-0.25, -0.2) is 0 Å². The van der Waals surface area contributed by atoms with Gasteiger partial charge in [-0.15, -0.1) is 5.10 Å². The van der Waals surface area contributed by atoms with Crippen molar-refractivity contribution in [3.05, 3.63) is 0 Å². The van der Waals surface area contributed by atoms with Crippen molar-refractivity contribution < 1.29 is 4.74 Å². The first-order chi connectivity index (χ1) is 5.16. The Morgan fingerprint density at radius 2 is 2.09 bits per heavy atom. The van der Waals surface area contributed by atoms with Crippen molar-refractivity contribution in [2.45, 2.75) is 13.8 Å². The molecule has 0 amide bonds. The van der Waals surface area contributed by atoms with Gasteiger partial charge in [0.15, 0.2) is 5.17 Å². The summed E-state index contributed by atoms with van der Waals surface area (Å²) in [4.78, 5) is 0. The Bertz CT molecular complexity index is 163. The maximum Gasteiger partial charge on any atom is 0.182 e. The van der Waals surface area contributed by atoms with Crippen molar-refractivity contribution >= 4 is 22.6 Å². The average molecular weight is 175 g/mol. The van der Waals surface area contributed by atoms with Crippen molar-refractivity contribution in [1.82, 2.24) is 0 Å². The Morgan fingerprint density at radius 1 is 1.45 bits per heavy atom. The normalized spacial score (nSPS) is 11.4. The van der Waals surface area contributed by atoms with E-state index in [1.54, 1.807) is 7.11 Å². The molecule has 0 aliphatic heterocycles. The highest BCUT2D eigenvalue weighted by Gasteiger charge is 1.90. The van der Waals surface area contributed by atoms with Crippen molar-refractivity contribution in [2.75, 3.05) is 13.0 Å². The van der Waals surface area contributed by atoms with Gasteiger partial charge >= 0.3 is 0 Å². The number of rotatable bonds is 3. The Kier molecular flexibility index (Phi) is 5.87. The SMILES string of the molecule is COCSC(N)=NN=C(C)C. The highest BCUT2D eigenvalue weighted by molar-refractivity contribution is 8.13. The molecular weight excluding hydrogens is 162 g/mol. The number of nitrogens with two attached hydrogens (primary N) is 1. The standard InChI is InChI=1S/C6H13N3OS/c1-5(2)8-9-6(7)11-4-10-3/h4H2,1-3H3,(H2,7,9). The van der Waals surface area contributed by atoms with E-state index in [2.05, 4.69) is 10.2 Å². The quantitative estimate of drug-likeness (QED) is 0.302. The third kappa shape index (κ3) is 7.35. The topological polar surface area (TPSA) is 60.0 Å². The van der Waals surface area contributed by atoms with Gasteiger partial charge in [-0.05, 0) is 13.8 Å². The van der Waals surface area contributed by atoms with E-state index in [1.807, 2.05) is 13.8 Å². The fourth-order valence-corrected chi connectivity index (χ4v) is 0.635. The number of amidine groups is 1. The van der Waals surface area contributed by atoms with Crippen molar-refractivity contribution in [2.24, 2.45) is 15.9 Å². The molecule has 0 aromatic carbocycles. The fraction of sp³-hybridized carbons (Fsp3) is 0.667. The first-order valence-corrected chi connectivity index (χ1v) is 4.11. The molecule has 0 atom stereocenters. The minimum atomic E-state index is 0.424. The Morgan fingerprint density at radius 3 is 2.55 bits per heavy atom. The molecule has 0 spiro atoms. The summed E-state index contributed by atoms with van der Waals surface area (Å²) in [5, 5.41) is 7.93. The molecule has 0 aliphatic carbocycles. The lowest BCUT2D eigenvalue weighted by molar-refractivity contribution is 0.259. The van der Waals surface area contributed by atoms with Crippen LogP contribution in [-0.2, 0) is 4.74 Å². The van der Waals surface area contributed by atoms with E-state index < -0.39 is 0 Å². The van der Waals surface area contributed by atoms with Gasteiger partial charge < -0.3 is 10.5 Å². The molecule has 0 heterocycles. The Hall–Kier alpha value is -0.550. The largest absolute Gasteiger partial charge is 0.377 e. The van der Waals surface area contributed by atoms with Crippen LogP contribution in [0.2, 0.25) is 0 Å². The maximum absolute atomic E-state index is 5.43. The summed E-state index contributed by atoms with van der Waals surface area (Å²) >= 11 is 1.32. The monoisotopic (exact) mass is 175 g/mol. The van der Waals surface area contributed by atoms with Crippen LogP contribution in [-0.4, -0.2) is 23.9 Å². The van der Waals surface area contributed by atoms with Gasteiger partial charge in [0.1, 0.15) is 0 Å². The third-order valence-electron chi connectivity index (χ3n) is 0.673. The highest BCUT2D eigenvalue weighted by atomic mass is 32.2. The van der Waals surface area contributed by atoms with Crippen LogP contribution in [0.4, 0.5) is 0 Å². The molecule has 0 saturated carbocycles. The molecular formula is C6H13N3OS. The fourth-order valence-electron chi connectivity index (χ4n) is 0.297. The average Bonchev–Trinajstić information content (AvgIpc) is 1.97. The van der Waals surface area contributed by atoms with E-state index in [0.717, 1.165) is 5.71 Å². The molecule has 4 nitrogen and oxygen atoms in total. The zero-order valence-corrected chi connectivity index (χ0v) is 7.81. The zero-order chi connectivity index (χ0) is 8.69. The van der Waals surface area contributed by atoms with Gasteiger partial charge in [-0.2, -0.15) is 5.10 Å². The number of thioether (sulfide) groups is 1. The van der Waals surface area contributed by atoms with Gasteiger partial charge in [-0.3, -0.25) is 0 Å². The smallest absolute Gasteiger partial charge is 0.182 e. The summed E-state index contributed by atoms with van der Waals surface area (Å²) in [6.07, 6.45) is 0. The summed E-state index contributed by atoms with van der Waals surface area (Å²) in [6.45, 7) is 3.72. The predicted octanol–water partition coefficient (Wildman–Crippen LogP) is 1.03. The van der Waals surface area contributed by atoms with Gasteiger partial charge in [0.2, 0.25) is 0 Å². The highest BCUT2D eigenvalue weighted by Crippen LogP contribution is 1.98. The summed E-state index contributed by atoms with van der Waals surface area (Å²) in [5.74, 6) is 0.508. The van der Waals surface area contributed by atoms with E-state index in [9.17, 15) is 0 Å². The number of methoxy groups -OCH3 is 1. The van der Waals surface area contributed by atoms with Crippen LogP contribution in [0.25, 0.3) is 0 Å². The zero-order valence-electron chi connectivity index (χ0n) is 7.00. The first-order valence-electron chi connectivity index (χ1n) is 3.13. The van der Waals surface area contributed by atoms with Crippen LogP contribution in [0.5, 0.6) is 0 Å². The molecule has 0 radical (unpaired) electrons. The van der Waals surface area contributed by atoms with Crippen LogP contribution in [0, 0.1) is 0 Å². The molecule has 0 saturated heterocycles. The summed E-state index contributed by atoms with van der Waals surface area (Å²) in [7, 11) is 1.61. The summed E-state index contributed by atoms with van der Waals surface area (Å²) < 4.78 is 4.77. The number of ether oxygens (including phenoxy) is 1.